The van der Waals surface area contributed by atoms with Crippen LogP contribution in [0, 0.1) is 13.8 Å². The Morgan fingerprint density at radius 1 is 1.00 bits per heavy atom. The van der Waals surface area contributed by atoms with Crippen molar-refractivity contribution in [3.8, 4) is 0 Å². The lowest BCUT2D eigenvalue weighted by molar-refractivity contribution is -0.120. The monoisotopic (exact) mass is 326 g/mol. The second-order valence-corrected chi connectivity index (χ2v) is 7.03. The Kier molecular flexibility index (Phi) is 5.99. The quantitative estimate of drug-likeness (QED) is 0.505. The summed E-state index contributed by atoms with van der Waals surface area (Å²) >= 11 is 1.53. The molecule has 0 unspecified atom stereocenters. The van der Waals surface area contributed by atoms with Crippen molar-refractivity contribution in [2.75, 3.05) is 0 Å². The van der Waals surface area contributed by atoms with E-state index in [4.69, 9.17) is 0 Å². The molecule has 0 aliphatic carbocycles. The highest BCUT2D eigenvalue weighted by atomic mass is 32.2. The first kappa shape index (κ1) is 17.3. The molecule has 0 saturated carbocycles. The molecule has 3 nitrogen and oxygen atoms in total. The van der Waals surface area contributed by atoms with Gasteiger partial charge in [0.15, 0.2) is 0 Å². The molecule has 0 aliphatic rings. The van der Waals surface area contributed by atoms with Gasteiger partial charge >= 0.3 is 0 Å². The van der Waals surface area contributed by atoms with E-state index in [9.17, 15) is 4.79 Å². The topological polar surface area (TPSA) is 41.5 Å². The maximum absolute atomic E-state index is 12.2. The van der Waals surface area contributed by atoms with Gasteiger partial charge in [-0.3, -0.25) is 4.79 Å². The fourth-order valence-corrected chi connectivity index (χ4v) is 2.82. The van der Waals surface area contributed by atoms with Crippen LogP contribution in [-0.4, -0.2) is 16.9 Å². The molecular weight excluding hydrogens is 304 g/mol. The van der Waals surface area contributed by atoms with Crippen molar-refractivity contribution in [3.05, 3.63) is 65.2 Å². The molecular formula is C19H22N2OS. The number of hydrazone groups is 1. The van der Waals surface area contributed by atoms with Gasteiger partial charge in [0.25, 0.3) is 5.91 Å². The van der Waals surface area contributed by atoms with Crippen molar-refractivity contribution in [2.24, 2.45) is 5.10 Å². The summed E-state index contributed by atoms with van der Waals surface area (Å²) in [4.78, 5) is 13.2. The highest BCUT2D eigenvalue weighted by Crippen LogP contribution is 2.23. The summed E-state index contributed by atoms with van der Waals surface area (Å²) < 4.78 is 0. The Labute approximate surface area is 142 Å². The molecule has 0 heterocycles. The number of amides is 1. The van der Waals surface area contributed by atoms with Crippen LogP contribution < -0.4 is 5.43 Å². The first-order valence-electron chi connectivity index (χ1n) is 7.60. The van der Waals surface area contributed by atoms with Crippen LogP contribution in [0.2, 0.25) is 0 Å². The van der Waals surface area contributed by atoms with Gasteiger partial charge in [-0.25, -0.2) is 5.43 Å². The highest BCUT2D eigenvalue weighted by Gasteiger charge is 2.13. The number of carbonyl (C=O) groups is 1. The van der Waals surface area contributed by atoms with Crippen LogP contribution in [0.4, 0.5) is 0 Å². The number of benzene rings is 2. The molecule has 2 aromatic rings. The number of nitrogens with one attached hydrogen (secondary N) is 1. The number of thioether (sulfide) groups is 1. The van der Waals surface area contributed by atoms with Gasteiger partial charge in [0.05, 0.1) is 11.0 Å². The minimum absolute atomic E-state index is 0.0953. The summed E-state index contributed by atoms with van der Waals surface area (Å²) in [5, 5.41) is 4.00. The van der Waals surface area contributed by atoms with Crippen molar-refractivity contribution < 1.29 is 4.79 Å². The van der Waals surface area contributed by atoms with Crippen molar-refractivity contribution in [1.82, 2.24) is 5.43 Å². The van der Waals surface area contributed by atoms with Gasteiger partial charge in [0.2, 0.25) is 0 Å². The zero-order chi connectivity index (χ0) is 16.8. The Morgan fingerprint density at radius 3 is 2.09 bits per heavy atom. The molecule has 1 atom stereocenters. The van der Waals surface area contributed by atoms with Gasteiger partial charge in [0.1, 0.15) is 0 Å². The SMILES string of the molecule is C/C(=N/NC(=O)[C@@H](C)Sc1ccc(C)cc1)c1ccc(C)cc1. The predicted molar refractivity (Wildman–Crippen MR) is 98.0 cm³/mol. The average Bonchev–Trinajstić information content (AvgIpc) is 2.55. The van der Waals surface area contributed by atoms with Crippen LogP contribution in [0.1, 0.15) is 30.5 Å². The van der Waals surface area contributed by atoms with E-state index in [1.54, 1.807) is 0 Å². The number of hydrogen-bond donors (Lipinski definition) is 1. The van der Waals surface area contributed by atoms with E-state index < -0.39 is 0 Å². The number of carbonyl (C=O) groups excluding carboxylic acids is 1. The van der Waals surface area contributed by atoms with E-state index in [1.165, 1.54) is 22.9 Å². The molecule has 0 radical (unpaired) electrons. The Balaban J connectivity index is 1.93. The van der Waals surface area contributed by atoms with Gasteiger partial charge in [-0.05, 0) is 45.4 Å². The fraction of sp³-hybridized carbons (Fsp3) is 0.263. The van der Waals surface area contributed by atoms with E-state index in [2.05, 4.69) is 10.5 Å². The third-order valence-electron chi connectivity index (χ3n) is 3.51. The lowest BCUT2D eigenvalue weighted by Crippen LogP contribution is -2.27. The lowest BCUT2D eigenvalue weighted by Gasteiger charge is -2.10. The average molecular weight is 326 g/mol. The van der Waals surface area contributed by atoms with Gasteiger partial charge in [0, 0.05) is 4.90 Å². The maximum Gasteiger partial charge on any atom is 0.253 e. The number of hydrogen-bond acceptors (Lipinski definition) is 3. The third-order valence-corrected chi connectivity index (χ3v) is 4.62. The molecule has 1 amide bonds. The fourth-order valence-electron chi connectivity index (χ4n) is 1.96. The first-order valence-corrected chi connectivity index (χ1v) is 8.48. The van der Waals surface area contributed by atoms with Gasteiger partial charge in [-0.2, -0.15) is 5.10 Å². The Hall–Kier alpha value is -2.07. The van der Waals surface area contributed by atoms with Gasteiger partial charge < -0.3 is 0 Å². The number of aryl methyl sites for hydroxylation is 2. The zero-order valence-electron chi connectivity index (χ0n) is 14.0. The lowest BCUT2D eigenvalue weighted by atomic mass is 10.1. The third kappa shape index (κ3) is 5.25. The minimum atomic E-state index is -0.202. The van der Waals surface area contributed by atoms with Crippen LogP contribution >= 0.6 is 11.8 Å². The molecule has 4 heteroatoms. The summed E-state index contributed by atoms with van der Waals surface area (Å²) in [6.45, 7) is 7.87. The zero-order valence-corrected chi connectivity index (χ0v) is 14.8. The normalized spacial score (nSPS) is 12.8. The van der Waals surface area contributed by atoms with E-state index >= 15 is 0 Å². The van der Waals surface area contributed by atoms with Crippen LogP contribution in [-0.2, 0) is 4.79 Å². The van der Waals surface area contributed by atoms with E-state index in [0.29, 0.717) is 0 Å². The molecule has 23 heavy (non-hydrogen) atoms. The second-order valence-electron chi connectivity index (χ2n) is 5.61. The molecule has 1 N–H and O–H groups in total. The van der Waals surface area contributed by atoms with Crippen molar-refractivity contribution >= 4 is 23.4 Å². The molecule has 0 spiro atoms. The van der Waals surface area contributed by atoms with E-state index in [-0.39, 0.29) is 11.2 Å². The summed E-state index contributed by atoms with van der Waals surface area (Å²) in [6, 6.07) is 16.2. The summed E-state index contributed by atoms with van der Waals surface area (Å²) in [6.07, 6.45) is 0. The van der Waals surface area contributed by atoms with Crippen LogP contribution in [0.25, 0.3) is 0 Å². The maximum atomic E-state index is 12.2. The van der Waals surface area contributed by atoms with Crippen LogP contribution in [0.3, 0.4) is 0 Å². The highest BCUT2D eigenvalue weighted by molar-refractivity contribution is 8.00. The standard InChI is InChI=1S/C19H22N2OS/c1-13-5-9-17(10-6-13)15(3)20-21-19(22)16(4)23-18-11-7-14(2)8-12-18/h5-12,16H,1-4H3,(H,21,22)/b20-15-/t16-/m1/s1. The predicted octanol–water partition coefficient (Wildman–Crippen LogP) is 4.32. The second kappa shape index (κ2) is 7.97. The number of rotatable bonds is 5. The largest absolute Gasteiger partial charge is 0.272 e. The van der Waals surface area contributed by atoms with E-state index in [0.717, 1.165) is 16.2 Å². The van der Waals surface area contributed by atoms with Crippen molar-refractivity contribution in [3.63, 3.8) is 0 Å². The molecule has 2 rings (SSSR count). The van der Waals surface area contributed by atoms with Gasteiger partial charge in [-0.1, -0.05) is 47.5 Å². The summed E-state index contributed by atoms with van der Waals surface area (Å²) in [5.41, 5.74) is 6.88. The van der Waals surface area contributed by atoms with Gasteiger partial charge in [-0.15, -0.1) is 11.8 Å². The smallest absolute Gasteiger partial charge is 0.253 e. The summed E-state index contributed by atoms with van der Waals surface area (Å²) in [7, 11) is 0. The van der Waals surface area contributed by atoms with Crippen molar-refractivity contribution in [2.45, 2.75) is 37.8 Å². The molecule has 0 bridgehead atoms. The van der Waals surface area contributed by atoms with Crippen LogP contribution in [0.5, 0.6) is 0 Å². The molecule has 2 aromatic carbocycles. The van der Waals surface area contributed by atoms with E-state index in [1.807, 2.05) is 76.2 Å². The number of nitrogens with zero attached hydrogens (tertiary/aromatic N) is 1. The molecule has 0 aromatic heterocycles. The molecule has 0 fully saturated rings. The molecule has 0 aliphatic heterocycles. The Morgan fingerprint density at radius 2 is 1.52 bits per heavy atom. The Bertz CT molecular complexity index is 690. The minimum Gasteiger partial charge on any atom is -0.272 e. The molecule has 120 valence electrons. The molecule has 0 saturated heterocycles. The summed E-state index contributed by atoms with van der Waals surface area (Å²) in [5.74, 6) is -0.0953. The first-order chi connectivity index (χ1) is 11.0. The van der Waals surface area contributed by atoms with Crippen LogP contribution in [0.15, 0.2) is 58.5 Å². The van der Waals surface area contributed by atoms with Crippen molar-refractivity contribution in [1.29, 1.82) is 0 Å².